The number of rotatable bonds is 3. The molecule has 5 nitrogen and oxygen atoms in total. The van der Waals surface area contributed by atoms with Gasteiger partial charge in [-0.05, 0) is 62.6 Å². The van der Waals surface area contributed by atoms with Crippen molar-refractivity contribution in [3.8, 4) is 0 Å². The third-order valence-corrected chi connectivity index (χ3v) is 5.57. The predicted molar refractivity (Wildman–Crippen MR) is 113 cm³/mol. The molecule has 0 spiro atoms. The Morgan fingerprint density at radius 2 is 1.83 bits per heavy atom. The van der Waals surface area contributed by atoms with Crippen molar-refractivity contribution in [1.82, 2.24) is 0 Å². The van der Waals surface area contributed by atoms with Gasteiger partial charge in [0.15, 0.2) is 0 Å². The van der Waals surface area contributed by atoms with E-state index >= 15 is 0 Å². The Balaban J connectivity index is 2.17. The Hall–Kier alpha value is -2.60. The molecule has 3 rings (SSSR count). The fourth-order valence-electron chi connectivity index (χ4n) is 3.56. The highest BCUT2D eigenvalue weighted by molar-refractivity contribution is 6.34. The summed E-state index contributed by atoms with van der Waals surface area (Å²) in [5.41, 5.74) is 2.88. The number of carbonyl (C=O) groups is 2. The van der Waals surface area contributed by atoms with E-state index in [4.69, 9.17) is 16.3 Å². The van der Waals surface area contributed by atoms with Crippen molar-refractivity contribution in [3.63, 3.8) is 0 Å². The number of ether oxygens (including phenoxy) is 1. The van der Waals surface area contributed by atoms with E-state index in [0.717, 1.165) is 11.1 Å². The second-order valence-electron chi connectivity index (χ2n) is 7.07. The number of carbonyl (C=O) groups excluding carboxylic acids is 2. The van der Waals surface area contributed by atoms with Crippen LogP contribution in [-0.4, -0.2) is 31.2 Å². The van der Waals surface area contributed by atoms with Gasteiger partial charge in [0.2, 0.25) is 0 Å². The molecule has 1 aliphatic heterocycles. The third-order valence-electron chi connectivity index (χ3n) is 5.26. The minimum absolute atomic E-state index is 0.0567. The van der Waals surface area contributed by atoms with E-state index in [9.17, 15) is 14.0 Å². The van der Waals surface area contributed by atoms with Crippen LogP contribution in [0, 0.1) is 19.7 Å². The number of anilines is 2. The van der Waals surface area contributed by atoms with Crippen LogP contribution in [0.1, 0.15) is 41.8 Å². The van der Waals surface area contributed by atoms with Crippen LogP contribution in [0.25, 0.3) is 0 Å². The summed E-state index contributed by atoms with van der Waals surface area (Å²) < 4.78 is 19.7. The van der Waals surface area contributed by atoms with Crippen LogP contribution >= 0.6 is 11.6 Å². The number of fused-ring (bicyclic) bond motifs is 1. The predicted octanol–water partition coefficient (Wildman–Crippen LogP) is 5.50. The summed E-state index contributed by atoms with van der Waals surface area (Å²) in [7, 11) is 0. The first-order valence-corrected chi connectivity index (χ1v) is 10.0. The first kappa shape index (κ1) is 21.1. The molecule has 0 aliphatic carbocycles. The zero-order chi connectivity index (χ0) is 21.3. The highest BCUT2D eigenvalue weighted by atomic mass is 35.5. The third kappa shape index (κ3) is 3.81. The van der Waals surface area contributed by atoms with Gasteiger partial charge in [-0.3, -0.25) is 9.69 Å². The normalized spacial score (nSPS) is 15.9. The second-order valence-corrected chi connectivity index (χ2v) is 7.48. The maximum absolute atomic E-state index is 14.4. The summed E-state index contributed by atoms with van der Waals surface area (Å²) in [6.45, 7) is 8.01. The van der Waals surface area contributed by atoms with Crippen molar-refractivity contribution >= 4 is 35.0 Å². The van der Waals surface area contributed by atoms with Gasteiger partial charge in [0.25, 0.3) is 5.91 Å². The van der Waals surface area contributed by atoms with Crippen molar-refractivity contribution < 1.29 is 18.7 Å². The summed E-state index contributed by atoms with van der Waals surface area (Å²) >= 11 is 6.15. The number of benzene rings is 2. The molecule has 0 aromatic heterocycles. The largest absolute Gasteiger partial charge is 0.449 e. The molecule has 154 valence electrons. The number of aryl methyl sites for hydroxylation is 2. The zero-order valence-corrected chi connectivity index (χ0v) is 17.7. The van der Waals surface area contributed by atoms with Gasteiger partial charge < -0.3 is 9.64 Å². The van der Waals surface area contributed by atoms with Crippen LogP contribution < -0.4 is 9.80 Å². The van der Waals surface area contributed by atoms with Crippen molar-refractivity contribution in [2.75, 3.05) is 23.0 Å². The van der Waals surface area contributed by atoms with Gasteiger partial charge >= 0.3 is 6.09 Å². The van der Waals surface area contributed by atoms with Crippen molar-refractivity contribution in [3.05, 3.63) is 57.9 Å². The lowest BCUT2D eigenvalue weighted by atomic mass is 9.99. The molecule has 7 heteroatoms. The molecule has 1 atom stereocenters. The molecular weight excluding hydrogens is 395 g/mol. The molecule has 0 fully saturated rings. The first-order chi connectivity index (χ1) is 13.8. The van der Waals surface area contributed by atoms with E-state index in [1.54, 1.807) is 11.8 Å². The molecule has 0 saturated heterocycles. The summed E-state index contributed by atoms with van der Waals surface area (Å²) in [5, 5.41) is 0.0567. The summed E-state index contributed by atoms with van der Waals surface area (Å²) in [6.07, 6.45) is 0.139. The SMILES string of the molecule is CCOC(=O)N1c2cc(C)c(C)cc2N(C(=O)c2c(F)cccc2Cl)CC1CC. The van der Waals surface area contributed by atoms with Crippen molar-refractivity contribution in [2.24, 2.45) is 0 Å². The number of hydrogen-bond acceptors (Lipinski definition) is 3. The first-order valence-electron chi connectivity index (χ1n) is 9.63. The summed E-state index contributed by atoms with van der Waals surface area (Å²) in [6, 6.07) is 7.57. The highest BCUT2D eigenvalue weighted by Crippen LogP contribution is 2.40. The van der Waals surface area contributed by atoms with E-state index < -0.39 is 17.8 Å². The van der Waals surface area contributed by atoms with Gasteiger partial charge in [-0.25, -0.2) is 9.18 Å². The van der Waals surface area contributed by atoms with Crippen molar-refractivity contribution in [2.45, 2.75) is 40.2 Å². The molecule has 0 N–H and O–H groups in total. The molecule has 0 radical (unpaired) electrons. The zero-order valence-electron chi connectivity index (χ0n) is 17.0. The van der Waals surface area contributed by atoms with Crippen LogP contribution in [0.4, 0.5) is 20.6 Å². The monoisotopic (exact) mass is 418 g/mol. The fraction of sp³-hybridized carbons (Fsp3) is 0.364. The average molecular weight is 419 g/mol. The highest BCUT2D eigenvalue weighted by Gasteiger charge is 2.38. The summed E-state index contributed by atoms with van der Waals surface area (Å²) in [5.74, 6) is -1.20. The van der Waals surface area contributed by atoms with E-state index in [-0.39, 0.29) is 29.8 Å². The second kappa shape index (κ2) is 8.41. The van der Waals surface area contributed by atoms with Crippen molar-refractivity contribution in [1.29, 1.82) is 0 Å². The molecule has 2 aromatic rings. The Morgan fingerprint density at radius 3 is 2.41 bits per heavy atom. The molecular formula is C22H24ClFN2O3. The molecule has 1 unspecified atom stereocenters. The Bertz CT molecular complexity index is 943. The maximum Gasteiger partial charge on any atom is 0.414 e. The van der Waals surface area contributed by atoms with Crippen LogP contribution in [0.2, 0.25) is 5.02 Å². The van der Waals surface area contributed by atoms with Crippen LogP contribution in [0.5, 0.6) is 0 Å². The lowest BCUT2D eigenvalue weighted by Crippen LogP contribution is -2.53. The van der Waals surface area contributed by atoms with Crippen LogP contribution in [0.15, 0.2) is 30.3 Å². The molecule has 29 heavy (non-hydrogen) atoms. The standard InChI is InChI=1S/C22H24ClFN2O3/c1-5-15-12-25(21(27)20-16(23)8-7-9-17(20)24)18-10-13(3)14(4)11-19(18)26(15)22(28)29-6-2/h7-11,15H,5-6,12H2,1-4H3. The summed E-state index contributed by atoms with van der Waals surface area (Å²) in [4.78, 5) is 29.1. The fourth-order valence-corrected chi connectivity index (χ4v) is 3.81. The number of halogens is 2. The van der Waals surface area contributed by atoms with Gasteiger partial charge in [0, 0.05) is 6.54 Å². The van der Waals surface area contributed by atoms with Gasteiger partial charge in [-0.15, -0.1) is 0 Å². The molecule has 1 heterocycles. The molecule has 0 saturated carbocycles. The van der Waals surface area contributed by atoms with E-state index in [1.807, 2.05) is 32.9 Å². The Kier molecular flexibility index (Phi) is 6.13. The number of amides is 2. The topological polar surface area (TPSA) is 49.9 Å². The number of nitrogens with zero attached hydrogens (tertiary/aromatic N) is 2. The maximum atomic E-state index is 14.4. The van der Waals surface area contributed by atoms with E-state index in [2.05, 4.69) is 0 Å². The lowest BCUT2D eigenvalue weighted by Gasteiger charge is -2.42. The quantitative estimate of drug-likeness (QED) is 0.661. The molecule has 2 aromatic carbocycles. The van der Waals surface area contributed by atoms with Crippen LogP contribution in [0.3, 0.4) is 0 Å². The minimum atomic E-state index is -0.672. The van der Waals surface area contributed by atoms with Crippen LogP contribution in [-0.2, 0) is 4.74 Å². The minimum Gasteiger partial charge on any atom is -0.449 e. The number of hydrogen-bond donors (Lipinski definition) is 0. The molecule has 2 amide bonds. The van der Waals surface area contributed by atoms with Gasteiger partial charge in [0.1, 0.15) is 5.82 Å². The Labute approximate surface area is 175 Å². The molecule has 1 aliphatic rings. The Morgan fingerprint density at radius 1 is 1.17 bits per heavy atom. The smallest absolute Gasteiger partial charge is 0.414 e. The molecule has 0 bridgehead atoms. The van der Waals surface area contributed by atoms with Gasteiger partial charge in [-0.2, -0.15) is 0 Å². The van der Waals surface area contributed by atoms with E-state index in [0.29, 0.717) is 17.8 Å². The van der Waals surface area contributed by atoms with Gasteiger partial charge in [0.05, 0.1) is 34.6 Å². The van der Waals surface area contributed by atoms with E-state index in [1.165, 1.54) is 23.1 Å². The van der Waals surface area contributed by atoms with Gasteiger partial charge in [-0.1, -0.05) is 24.6 Å². The lowest BCUT2D eigenvalue weighted by molar-refractivity contribution is 0.0977. The average Bonchev–Trinajstić information content (AvgIpc) is 2.67.